The highest BCUT2D eigenvalue weighted by Gasteiger charge is 1.72. The number of thiol groups is 1. The van der Waals surface area contributed by atoms with Crippen molar-refractivity contribution in [2.75, 3.05) is 12.5 Å². The summed E-state index contributed by atoms with van der Waals surface area (Å²) >= 11 is 3.78. The van der Waals surface area contributed by atoms with Crippen LogP contribution in [0.25, 0.3) is 0 Å². The smallest absolute Gasteiger partial charge is 0.0909 e. The van der Waals surface area contributed by atoms with E-state index in [1.165, 1.54) is 6.08 Å². The molecule has 0 amide bonds. The van der Waals surface area contributed by atoms with E-state index in [0.717, 1.165) is 0 Å². The van der Waals surface area contributed by atoms with Crippen molar-refractivity contribution in [1.29, 1.82) is 5.26 Å². The second-order valence-corrected chi connectivity index (χ2v) is 1.29. The third-order valence-corrected chi connectivity index (χ3v) is 0.680. The zero-order valence-corrected chi connectivity index (χ0v) is 5.27. The Bertz CT molecular complexity index is 105. The Labute approximate surface area is 54.2 Å². The maximum Gasteiger partial charge on any atom is 0.0909 e. The first-order valence-electron chi connectivity index (χ1n) is 2.15. The molecule has 0 aromatic heterocycles. The molecule has 44 valence electrons. The number of nitriles is 1. The predicted molar refractivity (Wildman–Crippen MR) is 34.6 cm³/mol. The summed E-state index contributed by atoms with van der Waals surface area (Å²) in [6, 6.07) is 1.84. The van der Waals surface area contributed by atoms with Gasteiger partial charge in [0.2, 0.25) is 0 Å². The van der Waals surface area contributed by atoms with Gasteiger partial charge in [-0.05, 0) is 6.08 Å². The van der Waals surface area contributed by atoms with Crippen molar-refractivity contribution >= 4 is 12.6 Å². The first-order chi connectivity index (χ1) is 3.91. The van der Waals surface area contributed by atoms with Gasteiger partial charge in [0.15, 0.2) is 0 Å². The van der Waals surface area contributed by atoms with Gasteiger partial charge in [-0.1, -0.05) is 0 Å². The Morgan fingerprint density at radius 2 is 2.50 bits per heavy atom. The van der Waals surface area contributed by atoms with Gasteiger partial charge in [0.1, 0.15) is 0 Å². The molecular formula is C5H7NOS. The number of hydrogen-bond donors (Lipinski definition) is 1. The molecule has 0 fully saturated rings. The molecule has 0 aromatic rings. The molecule has 0 N–H and O–H groups in total. The average molecular weight is 129 g/mol. The van der Waals surface area contributed by atoms with E-state index in [0.29, 0.717) is 12.5 Å². The third kappa shape index (κ3) is 5.54. The second kappa shape index (κ2) is 6.54. The van der Waals surface area contributed by atoms with E-state index in [1.54, 1.807) is 6.08 Å². The first-order valence-corrected chi connectivity index (χ1v) is 2.78. The van der Waals surface area contributed by atoms with Gasteiger partial charge in [-0.25, -0.2) is 0 Å². The summed E-state index contributed by atoms with van der Waals surface area (Å²) in [5.41, 5.74) is 0. The standard InChI is InChI=1S/C5H7NOS/c6-3-1-2-4-7-5-8/h1-2,8H,4-5H2/b2-1+. The lowest BCUT2D eigenvalue weighted by Gasteiger charge is -1.88. The van der Waals surface area contributed by atoms with Crippen molar-refractivity contribution in [3.05, 3.63) is 12.2 Å². The van der Waals surface area contributed by atoms with E-state index in [2.05, 4.69) is 12.6 Å². The third-order valence-electron chi connectivity index (χ3n) is 0.498. The predicted octanol–water partition coefficient (Wildman–Crippen LogP) is 0.970. The van der Waals surface area contributed by atoms with Gasteiger partial charge in [0.05, 0.1) is 18.6 Å². The molecule has 0 rings (SSSR count). The Balaban J connectivity index is 2.94. The van der Waals surface area contributed by atoms with Crippen LogP contribution in [0.1, 0.15) is 0 Å². The lowest BCUT2D eigenvalue weighted by Crippen LogP contribution is -1.84. The number of rotatable bonds is 3. The summed E-state index contributed by atoms with van der Waals surface area (Å²) < 4.78 is 4.76. The number of ether oxygens (including phenoxy) is 1. The van der Waals surface area contributed by atoms with Gasteiger partial charge in [-0.3, -0.25) is 0 Å². The van der Waals surface area contributed by atoms with E-state index in [-0.39, 0.29) is 0 Å². The molecule has 0 radical (unpaired) electrons. The fourth-order valence-corrected chi connectivity index (χ4v) is 0.327. The number of nitrogens with zero attached hydrogens (tertiary/aromatic N) is 1. The Kier molecular flexibility index (Phi) is 6.16. The molecule has 0 unspecified atom stereocenters. The highest BCUT2D eigenvalue weighted by Crippen LogP contribution is 1.78. The van der Waals surface area contributed by atoms with Gasteiger partial charge in [-0.2, -0.15) is 17.9 Å². The molecule has 0 aliphatic heterocycles. The van der Waals surface area contributed by atoms with Crippen molar-refractivity contribution in [2.45, 2.75) is 0 Å². The minimum absolute atomic E-state index is 0.399. The van der Waals surface area contributed by atoms with E-state index in [9.17, 15) is 0 Å². The maximum absolute atomic E-state index is 7.95. The summed E-state index contributed by atoms with van der Waals surface area (Å²) in [5.74, 6) is 0.399. The molecule has 0 bridgehead atoms. The van der Waals surface area contributed by atoms with Crippen LogP contribution in [0.4, 0.5) is 0 Å². The largest absolute Gasteiger partial charge is 0.367 e. The molecule has 0 saturated heterocycles. The van der Waals surface area contributed by atoms with Crippen LogP contribution in [-0.2, 0) is 4.74 Å². The summed E-state index contributed by atoms with van der Waals surface area (Å²) in [5, 5.41) is 7.95. The molecule has 0 aliphatic carbocycles. The van der Waals surface area contributed by atoms with E-state index < -0.39 is 0 Å². The van der Waals surface area contributed by atoms with Crippen molar-refractivity contribution in [3.63, 3.8) is 0 Å². The number of hydrogen-bond acceptors (Lipinski definition) is 3. The zero-order chi connectivity index (χ0) is 6.24. The summed E-state index contributed by atoms with van der Waals surface area (Å²) in [4.78, 5) is 0. The molecule has 0 aromatic carbocycles. The first kappa shape index (κ1) is 7.54. The van der Waals surface area contributed by atoms with Crippen LogP contribution in [0, 0.1) is 11.3 Å². The monoisotopic (exact) mass is 129 g/mol. The lowest BCUT2D eigenvalue weighted by atomic mass is 10.5. The minimum atomic E-state index is 0.399. The Hall–Kier alpha value is -0.460. The fraction of sp³-hybridized carbons (Fsp3) is 0.400. The topological polar surface area (TPSA) is 33.0 Å². The van der Waals surface area contributed by atoms with Crippen molar-refractivity contribution in [3.8, 4) is 6.07 Å². The average Bonchev–Trinajstić information content (AvgIpc) is 1.81. The van der Waals surface area contributed by atoms with Crippen molar-refractivity contribution in [1.82, 2.24) is 0 Å². The van der Waals surface area contributed by atoms with Crippen molar-refractivity contribution < 1.29 is 4.74 Å². The van der Waals surface area contributed by atoms with Crippen LogP contribution in [0.5, 0.6) is 0 Å². The normalized spacial score (nSPS) is 9.50. The molecule has 0 heterocycles. The SMILES string of the molecule is N#C/C=C/COCS. The van der Waals surface area contributed by atoms with E-state index in [4.69, 9.17) is 10.00 Å². The van der Waals surface area contributed by atoms with Crippen LogP contribution >= 0.6 is 12.6 Å². The van der Waals surface area contributed by atoms with Gasteiger partial charge in [0.25, 0.3) is 0 Å². The molecule has 3 heteroatoms. The Morgan fingerprint density at radius 3 is 3.00 bits per heavy atom. The van der Waals surface area contributed by atoms with Gasteiger partial charge < -0.3 is 4.74 Å². The number of allylic oxidation sites excluding steroid dienone is 1. The molecule has 0 atom stereocenters. The molecule has 0 spiro atoms. The fourth-order valence-electron chi connectivity index (χ4n) is 0.222. The molecule has 8 heavy (non-hydrogen) atoms. The molecular weight excluding hydrogens is 122 g/mol. The summed E-state index contributed by atoms with van der Waals surface area (Å²) in [6.45, 7) is 0.469. The zero-order valence-electron chi connectivity index (χ0n) is 4.37. The molecule has 0 aliphatic rings. The van der Waals surface area contributed by atoms with E-state index in [1.807, 2.05) is 6.07 Å². The van der Waals surface area contributed by atoms with Gasteiger partial charge in [0, 0.05) is 6.08 Å². The maximum atomic E-state index is 7.95. The van der Waals surface area contributed by atoms with E-state index >= 15 is 0 Å². The second-order valence-electron chi connectivity index (χ2n) is 1.03. The Morgan fingerprint density at radius 1 is 1.75 bits per heavy atom. The van der Waals surface area contributed by atoms with Crippen LogP contribution < -0.4 is 0 Å². The molecule has 0 saturated carbocycles. The lowest BCUT2D eigenvalue weighted by molar-refractivity contribution is 0.218. The highest BCUT2D eigenvalue weighted by atomic mass is 32.1. The highest BCUT2D eigenvalue weighted by molar-refractivity contribution is 7.80. The summed E-state index contributed by atoms with van der Waals surface area (Å²) in [6.07, 6.45) is 3.01. The molecule has 2 nitrogen and oxygen atoms in total. The van der Waals surface area contributed by atoms with Gasteiger partial charge >= 0.3 is 0 Å². The quantitative estimate of drug-likeness (QED) is 0.266. The van der Waals surface area contributed by atoms with Crippen LogP contribution in [0.15, 0.2) is 12.2 Å². The van der Waals surface area contributed by atoms with Crippen molar-refractivity contribution in [2.24, 2.45) is 0 Å². The minimum Gasteiger partial charge on any atom is -0.367 e. The van der Waals surface area contributed by atoms with Crippen LogP contribution in [0.2, 0.25) is 0 Å². The van der Waals surface area contributed by atoms with Crippen LogP contribution in [0.3, 0.4) is 0 Å². The van der Waals surface area contributed by atoms with Gasteiger partial charge in [-0.15, -0.1) is 0 Å². The summed E-state index contributed by atoms with van der Waals surface area (Å²) in [7, 11) is 0. The van der Waals surface area contributed by atoms with Crippen LogP contribution in [-0.4, -0.2) is 12.5 Å².